The van der Waals surface area contributed by atoms with E-state index in [0.29, 0.717) is 33.9 Å². The van der Waals surface area contributed by atoms with Crippen LogP contribution in [-0.4, -0.2) is 51.5 Å². The van der Waals surface area contributed by atoms with Crippen LogP contribution in [0.1, 0.15) is 36.8 Å². The second-order valence-corrected chi connectivity index (χ2v) is 10.0. The summed E-state index contributed by atoms with van der Waals surface area (Å²) in [5, 5.41) is 7.17. The Labute approximate surface area is 226 Å². The van der Waals surface area contributed by atoms with Crippen LogP contribution in [0.15, 0.2) is 72.2 Å². The highest BCUT2D eigenvalue weighted by Crippen LogP contribution is 2.35. The quantitative estimate of drug-likeness (QED) is 0.231. The van der Waals surface area contributed by atoms with Gasteiger partial charge in [0, 0.05) is 36.5 Å². The Kier molecular flexibility index (Phi) is 7.62. The van der Waals surface area contributed by atoms with Crippen molar-refractivity contribution < 1.29 is 4.39 Å². The van der Waals surface area contributed by atoms with Gasteiger partial charge in [-0.25, -0.2) is 14.4 Å². The van der Waals surface area contributed by atoms with Crippen LogP contribution in [0, 0.1) is 5.82 Å². The number of thiophene rings is 1. The molecule has 0 aliphatic carbocycles. The smallest absolute Gasteiger partial charge is 0.178 e. The third-order valence-electron chi connectivity index (χ3n) is 6.89. The number of fused-ring (bicyclic) bond motifs is 1. The molecule has 0 unspecified atom stereocenters. The van der Waals surface area contributed by atoms with E-state index < -0.39 is 5.82 Å². The van der Waals surface area contributed by atoms with E-state index >= 15 is 4.39 Å². The molecule has 1 aliphatic rings. The lowest BCUT2D eigenvalue weighted by Gasteiger charge is -2.17. The maximum absolute atomic E-state index is 16.3. The average Bonchev–Trinajstić information content (AvgIpc) is 3.72. The first-order valence-corrected chi connectivity index (χ1v) is 13.6. The topological polar surface area (TPSA) is 69.7 Å². The molecule has 194 valence electrons. The monoisotopic (exact) mass is 526 g/mol. The van der Waals surface area contributed by atoms with Gasteiger partial charge >= 0.3 is 0 Å². The zero-order chi connectivity index (χ0) is 26.6. The number of likely N-dealkylation sites (tertiary alicyclic amines) is 1. The fourth-order valence-electron chi connectivity index (χ4n) is 4.86. The summed E-state index contributed by atoms with van der Waals surface area (Å²) in [7, 11) is 1.74. The highest BCUT2D eigenvalue weighted by atomic mass is 32.1. The Morgan fingerprint density at radius 3 is 2.76 bits per heavy atom. The van der Waals surface area contributed by atoms with Gasteiger partial charge in [-0.05, 0) is 78.5 Å². The third kappa shape index (κ3) is 4.97. The number of pyridine rings is 2. The van der Waals surface area contributed by atoms with E-state index in [1.54, 1.807) is 30.8 Å². The van der Waals surface area contributed by atoms with Crippen molar-refractivity contribution in [1.29, 1.82) is 0 Å². The Morgan fingerprint density at radius 1 is 1.26 bits per heavy atom. The van der Waals surface area contributed by atoms with Crippen LogP contribution >= 0.6 is 11.3 Å². The summed E-state index contributed by atoms with van der Waals surface area (Å²) < 4.78 is 16.3. The van der Waals surface area contributed by atoms with Gasteiger partial charge in [-0.1, -0.05) is 25.3 Å². The van der Waals surface area contributed by atoms with Crippen molar-refractivity contribution in [2.45, 2.75) is 19.8 Å². The number of rotatable bonds is 9. The Bertz CT molecular complexity index is 1540. The van der Waals surface area contributed by atoms with E-state index in [0.717, 1.165) is 41.9 Å². The minimum absolute atomic E-state index is 0.261. The number of nitrogens with one attached hydrogen (secondary N) is 2. The Hall–Kier alpha value is -3.88. The number of aromatic amines is 1. The van der Waals surface area contributed by atoms with E-state index in [2.05, 4.69) is 54.8 Å². The van der Waals surface area contributed by atoms with Gasteiger partial charge in [0.25, 0.3) is 0 Å². The molecule has 0 aromatic carbocycles. The van der Waals surface area contributed by atoms with Gasteiger partial charge in [-0.15, -0.1) is 0 Å². The summed E-state index contributed by atoms with van der Waals surface area (Å²) in [5.74, 6) is 0.00312. The summed E-state index contributed by atoms with van der Waals surface area (Å²) in [6.45, 7) is 13.1. The summed E-state index contributed by atoms with van der Waals surface area (Å²) in [6.07, 6.45) is 11.5. The molecular formula is C30H31FN6S. The zero-order valence-electron chi connectivity index (χ0n) is 21.7. The molecule has 1 fully saturated rings. The van der Waals surface area contributed by atoms with Crippen LogP contribution in [-0.2, 0) is 0 Å². The van der Waals surface area contributed by atoms with Crippen molar-refractivity contribution >= 4 is 39.3 Å². The fraction of sp³-hybridized carbons (Fsp3) is 0.233. The van der Waals surface area contributed by atoms with Gasteiger partial charge < -0.3 is 10.3 Å². The number of imidazole rings is 1. The molecular weight excluding hydrogens is 495 g/mol. The fourth-order valence-corrected chi connectivity index (χ4v) is 5.52. The van der Waals surface area contributed by atoms with Crippen molar-refractivity contribution in [1.82, 2.24) is 24.8 Å². The Balaban J connectivity index is 1.54. The predicted molar refractivity (Wildman–Crippen MR) is 157 cm³/mol. The largest absolute Gasteiger partial charge is 0.386 e. The van der Waals surface area contributed by atoms with Crippen molar-refractivity contribution in [3.8, 4) is 11.1 Å². The first-order chi connectivity index (χ1) is 18.5. The molecule has 2 N–H and O–H groups in total. The molecule has 0 spiro atoms. The van der Waals surface area contributed by atoms with Crippen LogP contribution in [0.2, 0.25) is 0 Å². The average molecular weight is 527 g/mol. The molecule has 38 heavy (non-hydrogen) atoms. The highest BCUT2D eigenvalue weighted by Gasteiger charge is 2.22. The van der Waals surface area contributed by atoms with Gasteiger partial charge in [0.15, 0.2) is 11.5 Å². The first-order valence-electron chi connectivity index (χ1n) is 12.7. The maximum atomic E-state index is 16.3. The molecule has 5 rings (SSSR count). The molecule has 1 aliphatic heterocycles. The van der Waals surface area contributed by atoms with Crippen LogP contribution in [0.4, 0.5) is 10.1 Å². The molecule has 0 atom stereocenters. The molecule has 0 amide bonds. The van der Waals surface area contributed by atoms with Gasteiger partial charge in [0.2, 0.25) is 0 Å². The summed E-state index contributed by atoms with van der Waals surface area (Å²) in [6, 6.07) is 4.00. The summed E-state index contributed by atoms with van der Waals surface area (Å²) in [5.41, 5.74) is 6.67. The second-order valence-electron chi connectivity index (χ2n) is 9.24. The third-order valence-corrected chi connectivity index (χ3v) is 7.58. The van der Waals surface area contributed by atoms with E-state index in [4.69, 9.17) is 0 Å². The number of anilines is 1. The molecule has 5 heterocycles. The Morgan fingerprint density at radius 2 is 2.08 bits per heavy atom. The van der Waals surface area contributed by atoms with E-state index in [9.17, 15) is 0 Å². The van der Waals surface area contributed by atoms with Crippen LogP contribution in [0.5, 0.6) is 0 Å². The number of hydrogen-bond acceptors (Lipinski definition) is 6. The van der Waals surface area contributed by atoms with Gasteiger partial charge in [0.05, 0.1) is 17.4 Å². The molecule has 4 aromatic heterocycles. The van der Waals surface area contributed by atoms with Crippen molar-refractivity contribution in [2.75, 3.05) is 32.0 Å². The summed E-state index contributed by atoms with van der Waals surface area (Å²) in [4.78, 5) is 19.3. The van der Waals surface area contributed by atoms with Crippen molar-refractivity contribution in [2.24, 2.45) is 0 Å². The lowest BCUT2D eigenvalue weighted by molar-refractivity contribution is 0.371. The standard InChI is InChI=1S/C30H31FN6S/c1-5-20(17-37-12-7-8-13-37)15-21(6-2)27-26(31)25(24(32-4)16-34-27)19(3)29-35-28-23(22-10-14-38-18-22)9-11-33-30(28)36-29/h5-6,9-11,14-16,18,32H,1,3,7-8,12-13,17H2,2,4H3,(H,33,35,36)/b20-15+,21-6+. The van der Waals surface area contributed by atoms with Crippen LogP contribution in [0.3, 0.4) is 0 Å². The molecule has 4 aromatic rings. The molecule has 0 saturated carbocycles. The van der Waals surface area contributed by atoms with Crippen LogP contribution < -0.4 is 5.32 Å². The number of hydrogen-bond donors (Lipinski definition) is 2. The van der Waals surface area contributed by atoms with Gasteiger partial charge in [-0.2, -0.15) is 11.3 Å². The van der Waals surface area contributed by atoms with E-state index in [1.807, 2.05) is 36.6 Å². The second kappa shape index (κ2) is 11.2. The molecule has 1 saturated heterocycles. The zero-order valence-corrected chi connectivity index (χ0v) is 22.5. The lowest BCUT2D eigenvalue weighted by atomic mass is 9.99. The molecule has 0 radical (unpaired) electrons. The van der Waals surface area contributed by atoms with Crippen LogP contribution in [0.25, 0.3) is 33.4 Å². The predicted octanol–water partition coefficient (Wildman–Crippen LogP) is 6.94. The van der Waals surface area contributed by atoms with E-state index in [-0.39, 0.29) is 5.69 Å². The number of halogens is 1. The van der Waals surface area contributed by atoms with Gasteiger partial charge in [0.1, 0.15) is 11.5 Å². The maximum Gasteiger partial charge on any atom is 0.178 e. The molecule has 0 bridgehead atoms. The first kappa shape index (κ1) is 25.8. The number of nitrogens with zero attached hydrogens (tertiary/aromatic N) is 4. The minimum Gasteiger partial charge on any atom is -0.386 e. The van der Waals surface area contributed by atoms with Gasteiger partial charge in [-0.3, -0.25) is 9.88 Å². The number of allylic oxidation sites excluding steroid dienone is 3. The number of aromatic nitrogens is 4. The van der Waals surface area contributed by atoms with Crippen molar-refractivity contribution in [3.63, 3.8) is 0 Å². The SMILES string of the molecule is C=C/C(=C\C(=C/C)c1ncc(NC)c(C(=C)c2nc3nccc(-c4ccsc4)c3[nH]2)c1F)CN1CCCC1. The number of H-pyrrole nitrogens is 1. The lowest BCUT2D eigenvalue weighted by Crippen LogP contribution is -2.21. The summed E-state index contributed by atoms with van der Waals surface area (Å²) >= 11 is 1.62. The minimum atomic E-state index is -0.456. The highest BCUT2D eigenvalue weighted by molar-refractivity contribution is 7.08. The molecule has 8 heteroatoms. The normalized spacial score (nSPS) is 14.8. The van der Waals surface area contributed by atoms with E-state index in [1.165, 1.54) is 12.8 Å². The molecule has 6 nitrogen and oxygen atoms in total. The van der Waals surface area contributed by atoms with Crippen molar-refractivity contribution in [3.05, 3.63) is 95.1 Å².